The van der Waals surface area contributed by atoms with Crippen molar-refractivity contribution in [1.29, 1.82) is 0 Å². The molecule has 0 saturated heterocycles. The quantitative estimate of drug-likeness (QED) is 0.230. The molecule has 220 valence electrons. The standard InChI is InChI=1S/C33H36ClN3O4S/c1-24(2)21-35-33(39)31(19-25-10-5-4-6-11-25)37(22-26-12-9-15-29(34)18-26)32(38)23-36(3)42(40,41)30-17-16-27-13-7-8-14-28(27)20-30/h4-18,20,24,31H,19,21-23H2,1-3H3,(H,35,39). The molecule has 0 aliphatic rings. The summed E-state index contributed by atoms with van der Waals surface area (Å²) in [6.07, 6.45) is 0.262. The number of hydrogen-bond donors (Lipinski definition) is 1. The van der Waals surface area contributed by atoms with Crippen molar-refractivity contribution in [2.75, 3.05) is 20.1 Å². The lowest BCUT2D eigenvalue weighted by molar-refractivity contribution is -0.141. The van der Waals surface area contributed by atoms with Crippen molar-refractivity contribution in [3.8, 4) is 0 Å². The fourth-order valence-corrected chi connectivity index (χ4v) is 6.05. The van der Waals surface area contributed by atoms with Crippen molar-refractivity contribution < 1.29 is 18.0 Å². The molecular formula is C33H36ClN3O4S. The van der Waals surface area contributed by atoms with Crippen LogP contribution in [0.5, 0.6) is 0 Å². The Kier molecular flexibility index (Phi) is 10.4. The molecule has 2 amide bonds. The normalized spacial score (nSPS) is 12.4. The predicted octanol–water partition coefficient (Wildman–Crippen LogP) is 5.53. The van der Waals surface area contributed by atoms with Crippen LogP contribution in [0, 0.1) is 5.92 Å². The molecule has 7 nitrogen and oxygen atoms in total. The predicted molar refractivity (Wildman–Crippen MR) is 168 cm³/mol. The van der Waals surface area contributed by atoms with E-state index in [4.69, 9.17) is 11.6 Å². The Morgan fingerprint density at radius 3 is 2.19 bits per heavy atom. The number of likely N-dealkylation sites (N-methyl/N-ethyl adjacent to an activating group) is 1. The highest BCUT2D eigenvalue weighted by atomic mass is 35.5. The van der Waals surface area contributed by atoms with Crippen molar-refractivity contribution in [2.24, 2.45) is 5.92 Å². The molecule has 4 aromatic rings. The first-order valence-corrected chi connectivity index (χ1v) is 15.7. The van der Waals surface area contributed by atoms with Gasteiger partial charge in [-0.15, -0.1) is 0 Å². The SMILES string of the molecule is CC(C)CNC(=O)C(Cc1ccccc1)N(Cc1cccc(Cl)c1)C(=O)CN(C)S(=O)(=O)c1ccc2ccccc2c1. The number of nitrogens with zero attached hydrogens (tertiary/aromatic N) is 2. The van der Waals surface area contributed by atoms with Gasteiger partial charge in [0.05, 0.1) is 11.4 Å². The average molecular weight is 606 g/mol. The van der Waals surface area contributed by atoms with Gasteiger partial charge >= 0.3 is 0 Å². The van der Waals surface area contributed by atoms with Gasteiger partial charge in [0.1, 0.15) is 6.04 Å². The Morgan fingerprint density at radius 1 is 0.833 bits per heavy atom. The Hall–Kier alpha value is -3.72. The van der Waals surface area contributed by atoms with Crippen molar-refractivity contribution in [1.82, 2.24) is 14.5 Å². The third-order valence-corrected chi connectivity index (χ3v) is 9.02. The number of rotatable bonds is 12. The number of benzene rings is 4. The van der Waals surface area contributed by atoms with E-state index in [1.54, 1.807) is 36.4 Å². The van der Waals surface area contributed by atoms with Gasteiger partial charge in [0.25, 0.3) is 0 Å². The molecule has 1 N–H and O–H groups in total. The lowest BCUT2D eigenvalue weighted by atomic mass is 10.0. The van der Waals surface area contributed by atoms with Gasteiger partial charge in [-0.1, -0.05) is 98.2 Å². The van der Waals surface area contributed by atoms with E-state index >= 15 is 0 Å². The number of nitrogens with one attached hydrogen (secondary N) is 1. The summed E-state index contributed by atoms with van der Waals surface area (Å²) >= 11 is 6.25. The maximum absolute atomic E-state index is 14.0. The first-order valence-electron chi connectivity index (χ1n) is 13.9. The van der Waals surface area contributed by atoms with Crippen LogP contribution in [0.2, 0.25) is 5.02 Å². The summed E-state index contributed by atoms with van der Waals surface area (Å²) in [6.45, 7) is 4.07. The molecule has 0 bridgehead atoms. The highest BCUT2D eigenvalue weighted by Crippen LogP contribution is 2.23. The molecule has 9 heteroatoms. The molecule has 0 fully saturated rings. The summed E-state index contributed by atoms with van der Waals surface area (Å²) in [5.41, 5.74) is 1.61. The van der Waals surface area contributed by atoms with Gasteiger partial charge in [-0.3, -0.25) is 9.59 Å². The molecule has 1 atom stereocenters. The Labute approximate surface area is 253 Å². The summed E-state index contributed by atoms with van der Waals surface area (Å²) < 4.78 is 28.2. The number of sulfonamides is 1. The number of fused-ring (bicyclic) bond motifs is 1. The summed E-state index contributed by atoms with van der Waals surface area (Å²) in [7, 11) is -2.62. The monoisotopic (exact) mass is 605 g/mol. The van der Waals surface area contributed by atoms with Gasteiger partial charge in [0, 0.05) is 31.6 Å². The van der Waals surface area contributed by atoms with E-state index in [1.807, 2.05) is 74.5 Å². The molecule has 4 aromatic carbocycles. The van der Waals surface area contributed by atoms with Crippen LogP contribution in [0.15, 0.2) is 102 Å². The fourth-order valence-electron chi connectivity index (χ4n) is 4.68. The molecule has 1 unspecified atom stereocenters. The van der Waals surface area contributed by atoms with E-state index in [0.29, 0.717) is 11.6 Å². The van der Waals surface area contributed by atoms with Crippen LogP contribution in [0.25, 0.3) is 10.8 Å². The Bertz CT molecular complexity index is 1640. The molecule has 0 aliphatic heterocycles. The molecule has 0 radical (unpaired) electrons. The minimum atomic E-state index is -4.00. The van der Waals surface area contributed by atoms with Crippen LogP contribution in [-0.4, -0.2) is 55.6 Å². The van der Waals surface area contributed by atoms with Crippen molar-refractivity contribution >= 4 is 44.2 Å². The molecule has 0 aromatic heterocycles. The number of halogens is 1. The molecule has 0 heterocycles. The third-order valence-electron chi connectivity index (χ3n) is 6.98. The number of carbonyl (C=O) groups is 2. The van der Waals surface area contributed by atoms with E-state index in [9.17, 15) is 18.0 Å². The van der Waals surface area contributed by atoms with Gasteiger partial charge in [0.15, 0.2) is 0 Å². The van der Waals surface area contributed by atoms with Crippen molar-refractivity contribution in [2.45, 2.75) is 37.8 Å². The van der Waals surface area contributed by atoms with E-state index < -0.39 is 28.5 Å². The fraction of sp³-hybridized carbons (Fsp3) is 0.273. The molecule has 0 spiro atoms. The van der Waals surface area contributed by atoms with Crippen LogP contribution >= 0.6 is 11.6 Å². The highest BCUT2D eigenvalue weighted by Gasteiger charge is 2.33. The molecule has 4 rings (SSSR count). The van der Waals surface area contributed by atoms with Crippen molar-refractivity contribution in [3.63, 3.8) is 0 Å². The minimum Gasteiger partial charge on any atom is -0.354 e. The van der Waals surface area contributed by atoms with Gasteiger partial charge in [-0.25, -0.2) is 8.42 Å². The maximum Gasteiger partial charge on any atom is 0.243 e. The zero-order valence-corrected chi connectivity index (χ0v) is 25.6. The highest BCUT2D eigenvalue weighted by molar-refractivity contribution is 7.89. The zero-order valence-electron chi connectivity index (χ0n) is 24.0. The van der Waals surface area contributed by atoms with Crippen LogP contribution in [0.3, 0.4) is 0 Å². The lowest BCUT2D eigenvalue weighted by Gasteiger charge is -2.33. The summed E-state index contributed by atoms with van der Waals surface area (Å²) in [4.78, 5) is 29.2. The topological polar surface area (TPSA) is 86.8 Å². The largest absolute Gasteiger partial charge is 0.354 e. The van der Waals surface area contributed by atoms with Crippen LogP contribution < -0.4 is 5.32 Å². The first kappa shape index (κ1) is 31.2. The summed E-state index contributed by atoms with van der Waals surface area (Å²) in [6, 6.07) is 28.0. The number of amides is 2. The van der Waals surface area contributed by atoms with Gasteiger partial charge in [-0.05, 0) is 52.1 Å². The average Bonchev–Trinajstić information content (AvgIpc) is 2.97. The maximum atomic E-state index is 14.0. The van der Waals surface area contributed by atoms with Crippen molar-refractivity contribution in [3.05, 3.63) is 113 Å². The second kappa shape index (κ2) is 14.0. The number of hydrogen-bond acceptors (Lipinski definition) is 4. The minimum absolute atomic E-state index is 0.0792. The summed E-state index contributed by atoms with van der Waals surface area (Å²) in [5.74, 6) is -0.591. The first-order chi connectivity index (χ1) is 20.0. The van der Waals surface area contributed by atoms with E-state index in [1.165, 1.54) is 11.9 Å². The smallest absolute Gasteiger partial charge is 0.243 e. The van der Waals surface area contributed by atoms with Gasteiger partial charge < -0.3 is 10.2 Å². The van der Waals surface area contributed by atoms with E-state index in [0.717, 1.165) is 26.2 Å². The van der Waals surface area contributed by atoms with Gasteiger partial charge in [-0.2, -0.15) is 4.31 Å². The third kappa shape index (κ3) is 7.97. The second-order valence-electron chi connectivity index (χ2n) is 10.8. The molecule has 0 saturated carbocycles. The Balaban J connectivity index is 1.67. The van der Waals surface area contributed by atoms with Crippen LogP contribution in [0.4, 0.5) is 0 Å². The van der Waals surface area contributed by atoms with E-state index in [2.05, 4.69) is 5.32 Å². The second-order valence-corrected chi connectivity index (χ2v) is 13.2. The zero-order chi connectivity index (χ0) is 30.3. The lowest BCUT2D eigenvalue weighted by Crippen LogP contribution is -2.53. The molecular weight excluding hydrogens is 570 g/mol. The molecule has 0 aliphatic carbocycles. The summed E-state index contributed by atoms with van der Waals surface area (Å²) in [5, 5.41) is 5.17. The molecule has 42 heavy (non-hydrogen) atoms. The van der Waals surface area contributed by atoms with E-state index in [-0.39, 0.29) is 29.7 Å². The van der Waals surface area contributed by atoms with Gasteiger partial charge in [0.2, 0.25) is 21.8 Å². The van der Waals surface area contributed by atoms with Crippen LogP contribution in [0.1, 0.15) is 25.0 Å². The van der Waals surface area contributed by atoms with Crippen LogP contribution in [-0.2, 0) is 32.6 Å². The number of carbonyl (C=O) groups excluding carboxylic acids is 2. The Morgan fingerprint density at radius 2 is 1.50 bits per heavy atom.